The van der Waals surface area contributed by atoms with Gasteiger partial charge in [-0.25, -0.2) is 9.48 Å². The second kappa shape index (κ2) is 9.34. The molecule has 0 amide bonds. The molecule has 0 saturated heterocycles. The molecule has 0 radical (unpaired) electrons. The predicted octanol–water partition coefficient (Wildman–Crippen LogP) is 5.05. The molecule has 3 aromatic rings. The molecule has 0 fully saturated rings. The zero-order valence-electron chi connectivity index (χ0n) is 15.2. The number of ether oxygens (including phenoxy) is 1. The lowest BCUT2D eigenvalue weighted by atomic mass is 10.0. The van der Waals surface area contributed by atoms with E-state index < -0.39 is 5.97 Å². The summed E-state index contributed by atoms with van der Waals surface area (Å²) < 4.78 is 7.66. The number of para-hydroxylation sites is 1. The van der Waals surface area contributed by atoms with E-state index >= 15 is 0 Å². The van der Waals surface area contributed by atoms with Crippen LogP contribution >= 0.6 is 34.2 Å². The van der Waals surface area contributed by atoms with Crippen LogP contribution in [0.1, 0.15) is 28.5 Å². The van der Waals surface area contributed by atoms with E-state index in [1.807, 2.05) is 42.5 Å². The summed E-state index contributed by atoms with van der Waals surface area (Å²) in [6.07, 6.45) is 0.807. The van der Waals surface area contributed by atoms with Crippen LogP contribution in [-0.4, -0.2) is 28.6 Å². The maximum Gasteiger partial charge on any atom is 0.359 e. The summed E-state index contributed by atoms with van der Waals surface area (Å²) in [6, 6.07) is 15.2. The van der Waals surface area contributed by atoms with Gasteiger partial charge in [-0.15, -0.1) is 0 Å². The Morgan fingerprint density at radius 1 is 1.21 bits per heavy atom. The Morgan fingerprint density at radius 3 is 2.54 bits per heavy atom. The highest BCUT2D eigenvalue weighted by Crippen LogP contribution is 2.32. The summed E-state index contributed by atoms with van der Waals surface area (Å²) in [5.41, 5.74) is 3.95. The topological polar surface area (TPSA) is 61.2 Å². The fourth-order valence-corrected chi connectivity index (χ4v) is 3.66. The van der Waals surface area contributed by atoms with Crippen LogP contribution in [0.4, 0.5) is 0 Å². The zero-order chi connectivity index (χ0) is 20.1. The van der Waals surface area contributed by atoms with E-state index in [-0.39, 0.29) is 18.7 Å². The minimum atomic E-state index is -0.560. The number of halogens is 2. The SMILES string of the molecule is CCOC(=O)c1nn(-c2ccccc2Cl)c(-c2ccc(CI)cc2)c1CC=O. The molecule has 2 aromatic carbocycles. The Bertz CT molecular complexity index is 999. The van der Waals surface area contributed by atoms with Crippen molar-refractivity contribution in [1.29, 1.82) is 0 Å². The molecule has 0 N–H and O–H groups in total. The fraction of sp³-hybridized carbons (Fsp3) is 0.190. The van der Waals surface area contributed by atoms with E-state index in [0.29, 0.717) is 22.0 Å². The predicted molar refractivity (Wildman–Crippen MR) is 117 cm³/mol. The number of alkyl halides is 1. The van der Waals surface area contributed by atoms with Crippen LogP contribution in [0.5, 0.6) is 0 Å². The number of hydrogen-bond acceptors (Lipinski definition) is 4. The molecule has 0 saturated carbocycles. The Labute approximate surface area is 181 Å². The minimum absolute atomic E-state index is 0.0436. The van der Waals surface area contributed by atoms with Crippen molar-refractivity contribution < 1.29 is 14.3 Å². The van der Waals surface area contributed by atoms with E-state index in [2.05, 4.69) is 27.7 Å². The highest BCUT2D eigenvalue weighted by molar-refractivity contribution is 14.1. The van der Waals surface area contributed by atoms with Gasteiger partial charge in [0.15, 0.2) is 5.69 Å². The minimum Gasteiger partial charge on any atom is -0.461 e. The van der Waals surface area contributed by atoms with Crippen LogP contribution in [0.25, 0.3) is 16.9 Å². The van der Waals surface area contributed by atoms with Crippen molar-refractivity contribution in [3.8, 4) is 16.9 Å². The van der Waals surface area contributed by atoms with Gasteiger partial charge in [-0.3, -0.25) is 0 Å². The molecule has 0 aliphatic carbocycles. The van der Waals surface area contributed by atoms with Gasteiger partial charge in [0.2, 0.25) is 0 Å². The Kier molecular flexibility index (Phi) is 6.85. The first kappa shape index (κ1) is 20.5. The van der Waals surface area contributed by atoms with Crippen LogP contribution < -0.4 is 0 Å². The lowest BCUT2D eigenvalue weighted by molar-refractivity contribution is -0.107. The van der Waals surface area contributed by atoms with Gasteiger partial charge in [-0.1, -0.05) is 70.6 Å². The van der Waals surface area contributed by atoms with E-state index in [9.17, 15) is 9.59 Å². The van der Waals surface area contributed by atoms with Gasteiger partial charge in [0.1, 0.15) is 6.29 Å². The Balaban J connectivity index is 2.30. The van der Waals surface area contributed by atoms with Crippen LogP contribution in [0.3, 0.4) is 0 Å². The molecule has 5 nitrogen and oxygen atoms in total. The monoisotopic (exact) mass is 508 g/mol. The quantitative estimate of drug-likeness (QED) is 0.194. The number of rotatable bonds is 7. The average molecular weight is 509 g/mol. The van der Waals surface area contributed by atoms with Crippen molar-refractivity contribution in [2.75, 3.05) is 6.61 Å². The summed E-state index contributed by atoms with van der Waals surface area (Å²) in [5, 5.41) is 4.98. The standard InChI is InChI=1S/C21H18ClIN2O3/c1-2-28-21(27)19-16(11-12-26)20(15-9-7-14(13-23)8-10-15)25(24-19)18-6-4-3-5-17(18)22/h3-10,12H,2,11,13H2,1H3. The van der Waals surface area contributed by atoms with Gasteiger partial charge in [0.05, 0.1) is 23.0 Å². The van der Waals surface area contributed by atoms with Gasteiger partial charge in [-0.05, 0) is 24.6 Å². The first-order chi connectivity index (χ1) is 13.6. The summed E-state index contributed by atoms with van der Waals surface area (Å²) in [7, 11) is 0. The van der Waals surface area contributed by atoms with E-state index in [4.69, 9.17) is 16.3 Å². The number of benzene rings is 2. The molecular weight excluding hydrogens is 491 g/mol. The molecule has 0 unspecified atom stereocenters. The van der Waals surface area contributed by atoms with Crippen LogP contribution in [0, 0.1) is 0 Å². The summed E-state index contributed by atoms with van der Waals surface area (Å²) in [4.78, 5) is 23.9. The summed E-state index contributed by atoms with van der Waals surface area (Å²) in [6.45, 7) is 1.95. The van der Waals surface area contributed by atoms with E-state index in [1.165, 1.54) is 5.56 Å². The molecule has 7 heteroatoms. The van der Waals surface area contributed by atoms with Crippen LogP contribution in [0.2, 0.25) is 5.02 Å². The summed E-state index contributed by atoms with van der Waals surface area (Å²) >= 11 is 8.70. The van der Waals surface area contributed by atoms with Gasteiger partial charge in [0, 0.05) is 22.0 Å². The molecule has 1 aromatic heterocycles. The first-order valence-corrected chi connectivity index (χ1v) is 10.6. The molecule has 0 spiro atoms. The van der Waals surface area contributed by atoms with Gasteiger partial charge < -0.3 is 9.53 Å². The lowest BCUT2D eigenvalue weighted by Gasteiger charge is -2.11. The molecule has 3 rings (SSSR count). The van der Waals surface area contributed by atoms with Crippen molar-refractivity contribution in [3.63, 3.8) is 0 Å². The molecule has 1 heterocycles. The number of hydrogen-bond donors (Lipinski definition) is 0. The molecular formula is C21H18ClIN2O3. The average Bonchev–Trinajstić information content (AvgIpc) is 3.08. The van der Waals surface area contributed by atoms with E-state index in [1.54, 1.807) is 17.7 Å². The van der Waals surface area contributed by atoms with Crippen molar-refractivity contribution in [2.45, 2.75) is 17.8 Å². The number of carbonyl (C=O) groups is 2. The first-order valence-electron chi connectivity index (χ1n) is 8.73. The van der Waals surface area contributed by atoms with E-state index in [0.717, 1.165) is 16.3 Å². The third-order valence-electron chi connectivity index (χ3n) is 4.20. The third kappa shape index (κ3) is 4.12. The fourth-order valence-electron chi connectivity index (χ4n) is 2.94. The number of aldehydes is 1. The van der Waals surface area contributed by atoms with Crippen molar-refractivity contribution in [1.82, 2.24) is 9.78 Å². The molecule has 0 aliphatic heterocycles. The summed E-state index contributed by atoms with van der Waals surface area (Å²) in [5.74, 6) is -0.560. The highest BCUT2D eigenvalue weighted by atomic mass is 127. The van der Waals surface area contributed by atoms with Crippen LogP contribution in [0.15, 0.2) is 48.5 Å². The number of aromatic nitrogens is 2. The zero-order valence-corrected chi connectivity index (χ0v) is 18.1. The van der Waals surface area contributed by atoms with Crippen molar-refractivity contribution >= 4 is 46.4 Å². The Morgan fingerprint density at radius 2 is 1.93 bits per heavy atom. The van der Waals surface area contributed by atoms with Crippen LogP contribution in [-0.2, 0) is 20.4 Å². The molecule has 0 aliphatic rings. The van der Waals surface area contributed by atoms with Gasteiger partial charge >= 0.3 is 5.97 Å². The Hall–Kier alpha value is -2.19. The molecule has 144 valence electrons. The normalized spacial score (nSPS) is 10.7. The number of nitrogens with zero attached hydrogens (tertiary/aromatic N) is 2. The maximum absolute atomic E-state index is 12.5. The molecule has 0 atom stereocenters. The molecule has 0 bridgehead atoms. The largest absolute Gasteiger partial charge is 0.461 e. The van der Waals surface area contributed by atoms with Gasteiger partial charge in [0.25, 0.3) is 0 Å². The molecule has 28 heavy (non-hydrogen) atoms. The third-order valence-corrected chi connectivity index (χ3v) is 5.40. The van der Waals surface area contributed by atoms with Gasteiger partial charge in [-0.2, -0.15) is 5.10 Å². The smallest absolute Gasteiger partial charge is 0.359 e. The highest BCUT2D eigenvalue weighted by Gasteiger charge is 2.26. The maximum atomic E-state index is 12.5. The van der Waals surface area contributed by atoms with Crippen molar-refractivity contribution in [2.24, 2.45) is 0 Å². The lowest BCUT2D eigenvalue weighted by Crippen LogP contribution is -2.09. The number of carbonyl (C=O) groups excluding carboxylic acids is 2. The second-order valence-electron chi connectivity index (χ2n) is 5.96. The number of esters is 1. The van der Waals surface area contributed by atoms with Crippen molar-refractivity contribution in [3.05, 3.63) is 70.4 Å². The second-order valence-corrected chi connectivity index (χ2v) is 7.13.